The molecule has 0 bridgehead atoms. The summed E-state index contributed by atoms with van der Waals surface area (Å²) in [5, 5.41) is 18.6. The standard InChI is InChI=1S/C9H10O3/c1-6-4-8(11)7(2-3-10)9(12)5-6/h3-5,11-12H,2H2,1H3. The molecule has 0 radical (unpaired) electrons. The van der Waals surface area contributed by atoms with Crippen molar-refractivity contribution < 1.29 is 15.0 Å². The van der Waals surface area contributed by atoms with Crippen molar-refractivity contribution in [3.63, 3.8) is 0 Å². The molecule has 0 aliphatic rings. The van der Waals surface area contributed by atoms with E-state index in [1.807, 2.05) is 0 Å². The summed E-state index contributed by atoms with van der Waals surface area (Å²) in [6, 6.07) is 3.02. The first kappa shape index (κ1) is 8.59. The van der Waals surface area contributed by atoms with Crippen LogP contribution >= 0.6 is 0 Å². The summed E-state index contributed by atoms with van der Waals surface area (Å²) in [5.74, 6) is -0.0563. The van der Waals surface area contributed by atoms with Crippen LogP contribution in [0.15, 0.2) is 12.1 Å². The average Bonchev–Trinajstić information content (AvgIpc) is 1.96. The van der Waals surface area contributed by atoms with Gasteiger partial charge in [0.15, 0.2) is 0 Å². The number of rotatable bonds is 2. The van der Waals surface area contributed by atoms with Gasteiger partial charge in [-0.2, -0.15) is 0 Å². The maximum absolute atomic E-state index is 10.1. The molecule has 1 aromatic rings. The number of aromatic hydroxyl groups is 2. The fraction of sp³-hybridized carbons (Fsp3) is 0.222. The largest absolute Gasteiger partial charge is 0.508 e. The summed E-state index contributed by atoms with van der Waals surface area (Å²) in [5.41, 5.74) is 1.05. The van der Waals surface area contributed by atoms with Gasteiger partial charge in [0.25, 0.3) is 0 Å². The van der Waals surface area contributed by atoms with Crippen LogP contribution in [0.2, 0.25) is 0 Å². The summed E-state index contributed by atoms with van der Waals surface area (Å²) in [6.07, 6.45) is 0.683. The van der Waals surface area contributed by atoms with Gasteiger partial charge in [0.1, 0.15) is 17.8 Å². The lowest BCUT2D eigenvalue weighted by Gasteiger charge is -2.04. The summed E-state index contributed by atoms with van der Waals surface area (Å²) < 4.78 is 0. The zero-order valence-corrected chi connectivity index (χ0v) is 6.74. The van der Waals surface area contributed by atoms with Gasteiger partial charge in [-0.25, -0.2) is 0 Å². The van der Waals surface area contributed by atoms with Gasteiger partial charge < -0.3 is 15.0 Å². The van der Waals surface area contributed by atoms with Gasteiger partial charge >= 0.3 is 0 Å². The van der Waals surface area contributed by atoms with Crippen LogP contribution in [-0.2, 0) is 11.2 Å². The van der Waals surface area contributed by atoms with Gasteiger partial charge in [0.2, 0.25) is 0 Å². The quantitative estimate of drug-likeness (QED) is 0.648. The molecule has 3 heteroatoms. The monoisotopic (exact) mass is 166 g/mol. The topological polar surface area (TPSA) is 57.5 Å². The number of hydrogen-bond donors (Lipinski definition) is 2. The number of benzene rings is 1. The van der Waals surface area contributed by atoms with Crippen LogP contribution in [-0.4, -0.2) is 16.5 Å². The second kappa shape index (κ2) is 3.26. The SMILES string of the molecule is Cc1cc(O)c(CC=O)c(O)c1. The third-order valence-electron chi connectivity index (χ3n) is 1.63. The number of hydrogen-bond acceptors (Lipinski definition) is 3. The van der Waals surface area contributed by atoms with Crippen molar-refractivity contribution in [1.82, 2.24) is 0 Å². The Morgan fingerprint density at radius 1 is 1.33 bits per heavy atom. The molecule has 1 aromatic carbocycles. The molecule has 0 aromatic heterocycles. The lowest BCUT2D eigenvalue weighted by atomic mass is 10.1. The van der Waals surface area contributed by atoms with Crippen molar-refractivity contribution in [1.29, 1.82) is 0 Å². The van der Waals surface area contributed by atoms with Crippen molar-refractivity contribution in [2.45, 2.75) is 13.3 Å². The van der Waals surface area contributed by atoms with E-state index >= 15 is 0 Å². The average molecular weight is 166 g/mol. The summed E-state index contributed by atoms with van der Waals surface area (Å²) in [7, 11) is 0. The Hall–Kier alpha value is -1.51. The maximum Gasteiger partial charge on any atom is 0.124 e. The first-order chi connectivity index (χ1) is 5.65. The van der Waals surface area contributed by atoms with E-state index in [-0.39, 0.29) is 23.5 Å². The minimum atomic E-state index is -0.0281. The molecule has 0 unspecified atom stereocenters. The van der Waals surface area contributed by atoms with Crippen molar-refractivity contribution in [3.8, 4) is 11.5 Å². The fourth-order valence-electron chi connectivity index (χ4n) is 1.07. The van der Waals surface area contributed by atoms with Crippen molar-refractivity contribution in [3.05, 3.63) is 23.3 Å². The first-order valence-electron chi connectivity index (χ1n) is 3.60. The fourth-order valence-corrected chi connectivity index (χ4v) is 1.07. The Bertz CT molecular complexity index is 282. The third-order valence-corrected chi connectivity index (χ3v) is 1.63. The predicted octanol–water partition coefficient (Wildman–Crippen LogP) is 1.15. The van der Waals surface area contributed by atoms with Crippen LogP contribution < -0.4 is 0 Å². The minimum absolute atomic E-state index is 0.0281. The minimum Gasteiger partial charge on any atom is -0.508 e. The van der Waals surface area contributed by atoms with E-state index in [4.69, 9.17) is 0 Å². The van der Waals surface area contributed by atoms with E-state index in [0.29, 0.717) is 6.29 Å². The van der Waals surface area contributed by atoms with E-state index in [9.17, 15) is 15.0 Å². The Kier molecular flexibility index (Phi) is 2.33. The number of aryl methyl sites for hydroxylation is 1. The van der Waals surface area contributed by atoms with Crippen LogP contribution in [0.25, 0.3) is 0 Å². The predicted molar refractivity (Wildman–Crippen MR) is 44.3 cm³/mol. The molecular weight excluding hydrogens is 156 g/mol. The highest BCUT2D eigenvalue weighted by atomic mass is 16.3. The van der Waals surface area contributed by atoms with Gasteiger partial charge in [-0.1, -0.05) is 0 Å². The number of aldehydes is 1. The molecule has 0 amide bonds. The highest BCUT2D eigenvalue weighted by Crippen LogP contribution is 2.28. The van der Waals surface area contributed by atoms with Crippen molar-refractivity contribution in [2.75, 3.05) is 0 Å². The molecule has 0 saturated heterocycles. The zero-order valence-electron chi connectivity index (χ0n) is 6.74. The molecular formula is C9H10O3. The second-order valence-corrected chi connectivity index (χ2v) is 2.65. The molecule has 0 fully saturated rings. The number of carbonyl (C=O) groups excluding carboxylic acids is 1. The van der Waals surface area contributed by atoms with Gasteiger partial charge in [-0.15, -0.1) is 0 Å². The number of phenolic OH excluding ortho intramolecular Hbond substituents is 2. The number of carbonyl (C=O) groups is 1. The molecule has 12 heavy (non-hydrogen) atoms. The second-order valence-electron chi connectivity index (χ2n) is 2.65. The highest BCUT2D eigenvalue weighted by Gasteiger charge is 2.06. The Morgan fingerprint density at radius 3 is 2.25 bits per heavy atom. The molecule has 0 spiro atoms. The van der Waals surface area contributed by atoms with E-state index in [1.54, 1.807) is 6.92 Å². The highest BCUT2D eigenvalue weighted by molar-refractivity contribution is 5.61. The third kappa shape index (κ3) is 1.56. The summed E-state index contributed by atoms with van der Waals surface area (Å²) in [6.45, 7) is 1.75. The van der Waals surface area contributed by atoms with Crippen LogP contribution in [0.5, 0.6) is 11.5 Å². The van der Waals surface area contributed by atoms with E-state index in [0.717, 1.165) is 5.56 Å². The van der Waals surface area contributed by atoms with E-state index in [2.05, 4.69) is 0 Å². The van der Waals surface area contributed by atoms with E-state index in [1.165, 1.54) is 12.1 Å². The van der Waals surface area contributed by atoms with Gasteiger partial charge in [-0.05, 0) is 24.6 Å². The van der Waals surface area contributed by atoms with Gasteiger partial charge in [-0.3, -0.25) is 0 Å². The lowest BCUT2D eigenvalue weighted by Crippen LogP contribution is -1.88. The van der Waals surface area contributed by atoms with Crippen LogP contribution in [0.3, 0.4) is 0 Å². The van der Waals surface area contributed by atoms with Crippen LogP contribution in [0, 0.1) is 6.92 Å². The molecule has 1 rings (SSSR count). The van der Waals surface area contributed by atoms with Gasteiger partial charge in [0, 0.05) is 12.0 Å². The summed E-state index contributed by atoms with van der Waals surface area (Å²) >= 11 is 0. The normalized spacial score (nSPS) is 9.75. The van der Waals surface area contributed by atoms with E-state index < -0.39 is 0 Å². The summed E-state index contributed by atoms with van der Waals surface area (Å²) in [4.78, 5) is 10.1. The first-order valence-corrected chi connectivity index (χ1v) is 3.60. The molecule has 2 N–H and O–H groups in total. The molecule has 3 nitrogen and oxygen atoms in total. The Morgan fingerprint density at radius 2 is 1.83 bits per heavy atom. The van der Waals surface area contributed by atoms with Crippen molar-refractivity contribution >= 4 is 6.29 Å². The molecule has 0 aliphatic heterocycles. The van der Waals surface area contributed by atoms with Crippen molar-refractivity contribution in [2.24, 2.45) is 0 Å². The maximum atomic E-state index is 10.1. The molecule has 0 aliphatic carbocycles. The Balaban J connectivity index is 3.18. The smallest absolute Gasteiger partial charge is 0.124 e. The Labute approximate surface area is 70.3 Å². The molecule has 0 saturated carbocycles. The van der Waals surface area contributed by atoms with Gasteiger partial charge in [0.05, 0.1) is 0 Å². The molecule has 0 heterocycles. The zero-order chi connectivity index (χ0) is 9.14. The lowest BCUT2D eigenvalue weighted by molar-refractivity contribution is -0.107. The van der Waals surface area contributed by atoms with Crippen LogP contribution in [0.4, 0.5) is 0 Å². The van der Waals surface area contributed by atoms with Crippen LogP contribution in [0.1, 0.15) is 11.1 Å². The molecule has 64 valence electrons. The number of phenols is 2. The molecule has 0 atom stereocenters.